The van der Waals surface area contributed by atoms with Gasteiger partial charge in [-0.3, -0.25) is 14.2 Å². The van der Waals surface area contributed by atoms with Crippen molar-refractivity contribution in [3.05, 3.63) is 68.7 Å². The van der Waals surface area contributed by atoms with Gasteiger partial charge in [0.2, 0.25) is 5.91 Å². The number of carbonyl (C=O) groups excluding carboxylic acids is 1. The molecule has 166 valence electrons. The van der Waals surface area contributed by atoms with Crippen molar-refractivity contribution in [3.8, 4) is 5.75 Å². The zero-order valence-corrected chi connectivity index (χ0v) is 19.0. The Kier molecular flexibility index (Phi) is 6.41. The van der Waals surface area contributed by atoms with Crippen LogP contribution in [0.2, 0.25) is 0 Å². The standard InChI is InChI=1S/C24H26N4O3S/c1-15-5-7-16(8-6-15)11-12-25-20(29)4-3-13-28-23(30)22-21(27-24(28)32)18-14-17(31-2)9-10-19(18)26-22/h5-10,14,26H,3-4,11-13H2,1-2H3,(H,25,29)(H,27,32). The molecule has 0 bridgehead atoms. The molecule has 0 aliphatic carbocycles. The molecule has 0 aliphatic heterocycles. The van der Waals surface area contributed by atoms with E-state index in [9.17, 15) is 9.59 Å². The predicted molar refractivity (Wildman–Crippen MR) is 129 cm³/mol. The molecular formula is C24H26N4O3S. The van der Waals surface area contributed by atoms with E-state index in [2.05, 4.69) is 46.5 Å². The normalized spacial score (nSPS) is 11.2. The lowest BCUT2D eigenvalue weighted by atomic mass is 10.1. The maximum Gasteiger partial charge on any atom is 0.278 e. The third kappa shape index (κ3) is 4.60. The highest BCUT2D eigenvalue weighted by molar-refractivity contribution is 7.71. The zero-order chi connectivity index (χ0) is 22.7. The molecule has 0 saturated carbocycles. The first-order valence-electron chi connectivity index (χ1n) is 10.6. The van der Waals surface area contributed by atoms with Gasteiger partial charge < -0.3 is 20.0 Å². The first-order chi connectivity index (χ1) is 15.5. The summed E-state index contributed by atoms with van der Waals surface area (Å²) in [5, 5.41) is 3.79. The Balaban J connectivity index is 1.39. The van der Waals surface area contributed by atoms with Crippen LogP contribution in [-0.4, -0.2) is 34.1 Å². The molecule has 0 aliphatic rings. The van der Waals surface area contributed by atoms with Crippen LogP contribution < -0.4 is 15.6 Å². The number of aromatic nitrogens is 3. The van der Waals surface area contributed by atoms with Crippen molar-refractivity contribution >= 4 is 40.1 Å². The highest BCUT2D eigenvalue weighted by Gasteiger charge is 2.13. The van der Waals surface area contributed by atoms with E-state index in [0.29, 0.717) is 47.5 Å². The summed E-state index contributed by atoms with van der Waals surface area (Å²) >= 11 is 5.43. The molecule has 3 N–H and O–H groups in total. The summed E-state index contributed by atoms with van der Waals surface area (Å²) in [5.41, 5.74) is 4.17. The third-order valence-electron chi connectivity index (χ3n) is 5.58. The van der Waals surface area contributed by atoms with Crippen molar-refractivity contribution in [3.63, 3.8) is 0 Å². The third-order valence-corrected chi connectivity index (χ3v) is 5.91. The second-order valence-corrected chi connectivity index (χ2v) is 8.25. The second-order valence-electron chi connectivity index (χ2n) is 7.86. The number of nitrogens with one attached hydrogen (secondary N) is 3. The lowest BCUT2D eigenvalue weighted by molar-refractivity contribution is -0.121. The van der Waals surface area contributed by atoms with Gasteiger partial charge in [-0.25, -0.2) is 0 Å². The van der Waals surface area contributed by atoms with E-state index in [4.69, 9.17) is 17.0 Å². The van der Waals surface area contributed by atoms with Gasteiger partial charge in [0.25, 0.3) is 5.56 Å². The Hall–Kier alpha value is -3.39. The van der Waals surface area contributed by atoms with E-state index in [-0.39, 0.29) is 11.5 Å². The maximum atomic E-state index is 13.0. The number of aryl methyl sites for hydroxylation is 1. The van der Waals surface area contributed by atoms with E-state index in [1.165, 1.54) is 15.7 Å². The molecule has 2 aromatic carbocycles. The fourth-order valence-corrected chi connectivity index (χ4v) is 4.06. The van der Waals surface area contributed by atoms with Gasteiger partial charge in [0.15, 0.2) is 4.77 Å². The smallest absolute Gasteiger partial charge is 0.278 e. The SMILES string of the molecule is COc1ccc2[nH]c3c(=O)n(CCCC(=O)NCCc4ccc(C)cc4)c(=S)[nH]c3c2c1. The van der Waals surface area contributed by atoms with E-state index in [1.807, 2.05) is 18.2 Å². The number of hydrogen-bond donors (Lipinski definition) is 3. The van der Waals surface area contributed by atoms with Gasteiger partial charge in [0.05, 0.1) is 12.6 Å². The predicted octanol–water partition coefficient (Wildman–Crippen LogP) is 4.00. The summed E-state index contributed by atoms with van der Waals surface area (Å²) in [6.07, 6.45) is 1.64. The Bertz CT molecular complexity index is 1380. The minimum Gasteiger partial charge on any atom is -0.497 e. The van der Waals surface area contributed by atoms with Crippen LogP contribution >= 0.6 is 12.2 Å². The highest BCUT2D eigenvalue weighted by Crippen LogP contribution is 2.25. The molecule has 0 radical (unpaired) electrons. The molecule has 4 aromatic rings. The Morgan fingerprint density at radius 3 is 2.66 bits per heavy atom. The van der Waals surface area contributed by atoms with Crippen molar-refractivity contribution in [1.29, 1.82) is 0 Å². The van der Waals surface area contributed by atoms with Crippen LogP contribution in [-0.2, 0) is 17.8 Å². The summed E-state index contributed by atoms with van der Waals surface area (Å²) in [6, 6.07) is 13.9. The van der Waals surface area contributed by atoms with Crippen molar-refractivity contribution in [1.82, 2.24) is 19.9 Å². The van der Waals surface area contributed by atoms with Gasteiger partial charge in [-0.05, 0) is 55.7 Å². The molecule has 4 rings (SSSR count). The molecule has 32 heavy (non-hydrogen) atoms. The van der Waals surface area contributed by atoms with Gasteiger partial charge in [0.1, 0.15) is 11.3 Å². The summed E-state index contributed by atoms with van der Waals surface area (Å²) in [5.74, 6) is 0.675. The fourth-order valence-electron chi connectivity index (χ4n) is 3.78. The summed E-state index contributed by atoms with van der Waals surface area (Å²) < 4.78 is 7.13. The molecule has 0 fully saturated rings. The number of fused-ring (bicyclic) bond motifs is 3. The second kappa shape index (κ2) is 9.40. The molecule has 1 amide bonds. The van der Waals surface area contributed by atoms with Crippen molar-refractivity contribution < 1.29 is 9.53 Å². The van der Waals surface area contributed by atoms with Gasteiger partial charge in [-0.15, -0.1) is 0 Å². The lowest BCUT2D eigenvalue weighted by Crippen LogP contribution is -2.27. The van der Waals surface area contributed by atoms with E-state index < -0.39 is 0 Å². The monoisotopic (exact) mass is 450 g/mol. The van der Waals surface area contributed by atoms with Crippen LogP contribution in [0.5, 0.6) is 5.75 Å². The van der Waals surface area contributed by atoms with E-state index in [1.54, 1.807) is 7.11 Å². The van der Waals surface area contributed by atoms with Gasteiger partial charge in [0, 0.05) is 30.4 Å². The van der Waals surface area contributed by atoms with Crippen molar-refractivity contribution in [2.45, 2.75) is 32.7 Å². The first kappa shape index (κ1) is 21.8. The maximum absolute atomic E-state index is 13.0. The topological polar surface area (TPSA) is 91.9 Å². The fraction of sp³-hybridized carbons (Fsp3) is 0.292. The zero-order valence-electron chi connectivity index (χ0n) is 18.2. The number of ether oxygens (including phenoxy) is 1. The number of H-pyrrole nitrogens is 2. The molecule has 0 spiro atoms. The first-order valence-corrected chi connectivity index (χ1v) is 11.0. The summed E-state index contributed by atoms with van der Waals surface area (Å²) in [7, 11) is 1.60. The highest BCUT2D eigenvalue weighted by atomic mass is 32.1. The molecule has 0 atom stereocenters. The number of nitrogens with zero attached hydrogens (tertiary/aromatic N) is 1. The molecule has 2 heterocycles. The Morgan fingerprint density at radius 1 is 1.12 bits per heavy atom. The van der Waals surface area contributed by atoms with Crippen LogP contribution in [0.1, 0.15) is 24.0 Å². The average molecular weight is 451 g/mol. The minimum atomic E-state index is -0.196. The van der Waals surface area contributed by atoms with E-state index >= 15 is 0 Å². The van der Waals surface area contributed by atoms with E-state index in [0.717, 1.165) is 17.3 Å². The van der Waals surface area contributed by atoms with Gasteiger partial charge >= 0.3 is 0 Å². The Labute approximate surface area is 190 Å². The van der Waals surface area contributed by atoms with Gasteiger partial charge in [-0.2, -0.15) is 0 Å². The van der Waals surface area contributed by atoms with Crippen molar-refractivity contribution in [2.75, 3.05) is 13.7 Å². The molecule has 0 unspecified atom stereocenters. The Morgan fingerprint density at radius 2 is 1.91 bits per heavy atom. The largest absolute Gasteiger partial charge is 0.497 e. The molecule has 2 aromatic heterocycles. The minimum absolute atomic E-state index is 0.0288. The van der Waals surface area contributed by atoms with Crippen LogP contribution in [0.3, 0.4) is 0 Å². The quantitative estimate of drug-likeness (QED) is 0.354. The number of aromatic amines is 2. The van der Waals surface area contributed by atoms with Crippen molar-refractivity contribution in [2.24, 2.45) is 0 Å². The number of hydrogen-bond acceptors (Lipinski definition) is 4. The van der Waals surface area contributed by atoms with Crippen LogP contribution in [0.15, 0.2) is 47.3 Å². The van der Waals surface area contributed by atoms with Gasteiger partial charge in [-0.1, -0.05) is 29.8 Å². The number of carbonyl (C=O) groups is 1. The number of amides is 1. The number of benzene rings is 2. The van der Waals surface area contributed by atoms with Crippen LogP contribution in [0.25, 0.3) is 21.9 Å². The average Bonchev–Trinajstić information content (AvgIpc) is 3.15. The molecule has 7 nitrogen and oxygen atoms in total. The molecular weight excluding hydrogens is 424 g/mol. The molecule has 0 saturated heterocycles. The molecule has 8 heteroatoms. The van der Waals surface area contributed by atoms with Crippen LogP contribution in [0, 0.1) is 11.7 Å². The number of methoxy groups -OCH3 is 1. The summed E-state index contributed by atoms with van der Waals surface area (Å²) in [4.78, 5) is 31.5. The lowest BCUT2D eigenvalue weighted by Gasteiger charge is -2.08. The number of rotatable bonds is 8. The van der Waals surface area contributed by atoms with Crippen LogP contribution in [0.4, 0.5) is 0 Å². The summed E-state index contributed by atoms with van der Waals surface area (Å²) in [6.45, 7) is 3.01.